The molecule has 0 aromatic carbocycles. The molecule has 7 nitrogen and oxygen atoms in total. The third-order valence-corrected chi connectivity index (χ3v) is 4.88. The van der Waals surface area contributed by atoms with Crippen molar-refractivity contribution in [2.24, 2.45) is 0 Å². The molecule has 4 rings (SSSR count). The summed E-state index contributed by atoms with van der Waals surface area (Å²) in [6.45, 7) is 1.41. The van der Waals surface area contributed by atoms with Gasteiger partial charge in [-0.15, -0.1) is 0 Å². The van der Waals surface area contributed by atoms with Crippen LogP contribution in [0.4, 0.5) is 0 Å². The first-order valence-corrected chi connectivity index (χ1v) is 7.55. The zero-order valence-electron chi connectivity index (χ0n) is 12.1. The van der Waals surface area contributed by atoms with Gasteiger partial charge < -0.3 is 9.88 Å². The van der Waals surface area contributed by atoms with Crippen LogP contribution in [0.5, 0.6) is 0 Å². The van der Waals surface area contributed by atoms with Gasteiger partial charge in [-0.25, -0.2) is 4.98 Å². The zero-order chi connectivity index (χ0) is 15.2. The molecule has 1 aliphatic carbocycles. The Hall–Kier alpha value is -2.44. The second kappa shape index (κ2) is 4.79. The Morgan fingerprint density at radius 2 is 2.23 bits per heavy atom. The van der Waals surface area contributed by atoms with E-state index in [1.807, 2.05) is 11.1 Å². The Morgan fingerprint density at radius 3 is 3.05 bits per heavy atom. The average molecular weight is 299 g/mol. The summed E-state index contributed by atoms with van der Waals surface area (Å²) >= 11 is 0. The van der Waals surface area contributed by atoms with Gasteiger partial charge in [-0.1, -0.05) is 0 Å². The van der Waals surface area contributed by atoms with Crippen LogP contribution < -0.4 is 5.56 Å². The number of likely N-dealkylation sites (tertiary alicyclic amines) is 1. The minimum absolute atomic E-state index is 0.00192. The smallest absolute Gasteiger partial charge is 0.273 e. The lowest BCUT2D eigenvalue weighted by Gasteiger charge is -2.40. The number of H-pyrrole nitrogens is 2. The monoisotopic (exact) mass is 299 g/mol. The van der Waals surface area contributed by atoms with Gasteiger partial charge in [0.25, 0.3) is 11.5 Å². The minimum atomic E-state index is -0.301. The first-order valence-electron chi connectivity index (χ1n) is 7.55. The van der Waals surface area contributed by atoms with Gasteiger partial charge in [0.1, 0.15) is 5.69 Å². The summed E-state index contributed by atoms with van der Waals surface area (Å²) in [6.07, 6.45) is 8.55. The van der Waals surface area contributed by atoms with Crippen molar-refractivity contribution in [3.05, 3.63) is 45.9 Å². The van der Waals surface area contributed by atoms with Crippen LogP contribution in [0, 0.1) is 0 Å². The van der Waals surface area contributed by atoms with Crippen molar-refractivity contribution < 1.29 is 4.79 Å². The number of nitrogens with zero attached hydrogens (tertiary/aromatic N) is 3. The largest absolute Gasteiger partial charge is 0.336 e. The summed E-state index contributed by atoms with van der Waals surface area (Å²) in [7, 11) is 0. The SMILES string of the molecule is O=C(c1c[nH]c(=O)cn1)N1CCCC2(CCc3cn[nH]c32)C1. The lowest BCUT2D eigenvalue weighted by molar-refractivity contribution is 0.0626. The first kappa shape index (κ1) is 13.2. The molecule has 1 spiro atoms. The number of amides is 1. The molecule has 1 saturated heterocycles. The van der Waals surface area contributed by atoms with Crippen LogP contribution in [0.25, 0.3) is 0 Å². The summed E-state index contributed by atoms with van der Waals surface area (Å²) in [5.74, 6) is -0.122. The number of aryl methyl sites for hydroxylation is 1. The van der Waals surface area contributed by atoms with Crippen molar-refractivity contribution in [2.75, 3.05) is 13.1 Å². The van der Waals surface area contributed by atoms with Crippen LogP contribution in [0.3, 0.4) is 0 Å². The molecule has 0 bridgehead atoms. The fourth-order valence-corrected chi connectivity index (χ4v) is 3.79. The summed E-state index contributed by atoms with van der Waals surface area (Å²) in [5.41, 5.74) is 2.46. The van der Waals surface area contributed by atoms with Crippen LogP contribution in [0.1, 0.15) is 41.0 Å². The van der Waals surface area contributed by atoms with Gasteiger partial charge in [-0.3, -0.25) is 14.7 Å². The van der Waals surface area contributed by atoms with E-state index in [4.69, 9.17) is 0 Å². The molecule has 2 aromatic heterocycles. The highest BCUT2D eigenvalue weighted by Gasteiger charge is 2.44. The van der Waals surface area contributed by atoms with Gasteiger partial charge in [0.05, 0.1) is 12.4 Å². The second-order valence-electron chi connectivity index (χ2n) is 6.18. The topological polar surface area (TPSA) is 94.7 Å². The normalized spacial score (nSPS) is 23.7. The van der Waals surface area contributed by atoms with E-state index < -0.39 is 0 Å². The number of piperidine rings is 1. The van der Waals surface area contributed by atoms with Crippen molar-refractivity contribution in [3.8, 4) is 0 Å². The van der Waals surface area contributed by atoms with Gasteiger partial charge in [-0.2, -0.15) is 5.10 Å². The van der Waals surface area contributed by atoms with E-state index in [1.54, 1.807) is 0 Å². The van der Waals surface area contributed by atoms with Gasteiger partial charge in [-0.05, 0) is 31.2 Å². The number of carbonyl (C=O) groups is 1. The molecule has 0 radical (unpaired) electrons. The van der Waals surface area contributed by atoms with E-state index in [-0.39, 0.29) is 16.9 Å². The molecule has 1 fully saturated rings. The molecule has 2 aliphatic rings. The Bertz CT molecular complexity index is 760. The van der Waals surface area contributed by atoms with Gasteiger partial charge in [0.2, 0.25) is 0 Å². The molecule has 1 unspecified atom stereocenters. The van der Waals surface area contributed by atoms with Crippen molar-refractivity contribution in [2.45, 2.75) is 31.1 Å². The summed E-state index contributed by atoms with van der Waals surface area (Å²) in [5, 5.41) is 7.28. The minimum Gasteiger partial charge on any atom is -0.336 e. The van der Waals surface area contributed by atoms with Crippen LogP contribution in [0.2, 0.25) is 0 Å². The molecule has 1 aliphatic heterocycles. The Labute approximate surface area is 126 Å². The van der Waals surface area contributed by atoms with Crippen LogP contribution in [-0.4, -0.2) is 44.1 Å². The zero-order valence-corrected chi connectivity index (χ0v) is 12.1. The van der Waals surface area contributed by atoms with Crippen LogP contribution >= 0.6 is 0 Å². The molecule has 3 heterocycles. The van der Waals surface area contributed by atoms with E-state index in [2.05, 4.69) is 20.2 Å². The number of fused-ring (bicyclic) bond motifs is 2. The highest BCUT2D eigenvalue weighted by Crippen LogP contribution is 2.43. The Morgan fingerprint density at radius 1 is 1.32 bits per heavy atom. The van der Waals surface area contributed by atoms with Crippen molar-refractivity contribution in [3.63, 3.8) is 0 Å². The van der Waals surface area contributed by atoms with Crippen molar-refractivity contribution >= 4 is 5.91 Å². The van der Waals surface area contributed by atoms with E-state index in [9.17, 15) is 9.59 Å². The predicted molar refractivity (Wildman–Crippen MR) is 78.6 cm³/mol. The number of aromatic nitrogens is 4. The standard InChI is InChI=1S/C15H17N5O2/c21-12-8-16-11(7-17-12)14(22)20-5-1-3-15(9-20)4-2-10-6-18-19-13(10)15/h6-8H,1-5,9H2,(H,17,21)(H,18,19). The number of hydrogen-bond donors (Lipinski definition) is 2. The maximum absolute atomic E-state index is 12.6. The van der Waals surface area contributed by atoms with Gasteiger partial charge in [0.15, 0.2) is 0 Å². The first-order chi connectivity index (χ1) is 10.7. The third-order valence-electron chi connectivity index (χ3n) is 4.88. The van der Waals surface area contributed by atoms with E-state index in [0.717, 1.165) is 38.4 Å². The lowest BCUT2D eigenvalue weighted by atomic mass is 9.77. The second-order valence-corrected chi connectivity index (χ2v) is 6.18. The van der Waals surface area contributed by atoms with Gasteiger partial charge >= 0.3 is 0 Å². The number of nitrogens with one attached hydrogen (secondary N) is 2. The Balaban J connectivity index is 1.61. The van der Waals surface area contributed by atoms with Crippen LogP contribution in [0.15, 0.2) is 23.4 Å². The maximum atomic E-state index is 12.6. The lowest BCUT2D eigenvalue weighted by Crippen LogP contribution is -2.48. The van der Waals surface area contributed by atoms with Gasteiger partial charge in [0, 0.05) is 30.4 Å². The fraction of sp³-hybridized carbons (Fsp3) is 0.467. The number of rotatable bonds is 1. The van der Waals surface area contributed by atoms with E-state index in [1.165, 1.54) is 17.5 Å². The summed E-state index contributed by atoms with van der Waals surface area (Å²) in [6, 6.07) is 0. The highest BCUT2D eigenvalue weighted by atomic mass is 16.2. The van der Waals surface area contributed by atoms with Crippen molar-refractivity contribution in [1.82, 2.24) is 25.1 Å². The van der Waals surface area contributed by atoms with E-state index in [0.29, 0.717) is 12.2 Å². The number of aromatic amines is 2. The average Bonchev–Trinajstić information content (AvgIpc) is 3.13. The fourth-order valence-electron chi connectivity index (χ4n) is 3.79. The molecule has 1 amide bonds. The van der Waals surface area contributed by atoms with Crippen molar-refractivity contribution in [1.29, 1.82) is 0 Å². The molecule has 2 aromatic rings. The number of hydrogen-bond acceptors (Lipinski definition) is 4. The molecule has 2 N–H and O–H groups in total. The highest BCUT2D eigenvalue weighted by molar-refractivity contribution is 5.92. The summed E-state index contributed by atoms with van der Waals surface area (Å²) < 4.78 is 0. The maximum Gasteiger partial charge on any atom is 0.273 e. The third kappa shape index (κ3) is 1.96. The van der Waals surface area contributed by atoms with Crippen LogP contribution in [-0.2, 0) is 11.8 Å². The predicted octanol–water partition coefficient (Wildman–Crippen LogP) is 0.613. The quantitative estimate of drug-likeness (QED) is 0.806. The van der Waals surface area contributed by atoms with E-state index >= 15 is 0 Å². The molecule has 0 saturated carbocycles. The Kier molecular flexibility index (Phi) is 2.88. The molecule has 7 heteroatoms. The number of carbonyl (C=O) groups excluding carboxylic acids is 1. The molecule has 22 heavy (non-hydrogen) atoms. The molecule has 1 atom stereocenters. The molecule has 114 valence electrons. The molecular weight excluding hydrogens is 282 g/mol. The summed E-state index contributed by atoms with van der Waals surface area (Å²) in [4.78, 5) is 32.0. The molecular formula is C15H17N5O2.